The van der Waals surface area contributed by atoms with E-state index in [4.69, 9.17) is 10.5 Å². The Kier molecular flexibility index (Phi) is 8.57. The molecule has 0 saturated heterocycles. The van der Waals surface area contributed by atoms with E-state index in [1.165, 1.54) is 11.0 Å². The van der Waals surface area contributed by atoms with Crippen LogP contribution < -0.4 is 20.7 Å². The van der Waals surface area contributed by atoms with Crippen LogP contribution in [0.1, 0.15) is 30.5 Å². The first-order valence-corrected chi connectivity index (χ1v) is 12.7. The Morgan fingerprint density at radius 3 is 2.38 bits per heavy atom. The molecule has 0 bridgehead atoms. The molecule has 208 valence electrons. The van der Waals surface area contributed by atoms with Gasteiger partial charge in [-0.1, -0.05) is 38.1 Å². The van der Waals surface area contributed by atoms with E-state index in [1.54, 1.807) is 55.6 Å². The Hall–Kier alpha value is -4.60. The molecule has 0 aromatic heterocycles. The summed E-state index contributed by atoms with van der Waals surface area (Å²) in [6.45, 7) is 3.22. The van der Waals surface area contributed by atoms with Gasteiger partial charge in [0.1, 0.15) is 12.3 Å². The van der Waals surface area contributed by atoms with Gasteiger partial charge in [-0.15, -0.1) is 0 Å². The fourth-order valence-electron chi connectivity index (χ4n) is 4.61. The zero-order chi connectivity index (χ0) is 29.0. The predicted molar refractivity (Wildman–Crippen MR) is 147 cm³/mol. The van der Waals surface area contributed by atoms with Crippen molar-refractivity contribution in [2.45, 2.75) is 26.4 Å². The maximum absolute atomic E-state index is 13.8. The average molecular weight is 549 g/mol. The lowest BCUT2D eigenvalue weighted by atomic mass is 9.88. The Morgan fingerprint density at radius 1 is 1.05 bits per heavy atom. The molecule has 1 aliphatic heterocycles. The average Bonchev–Trinajstić information content (AvgIpc) is 3.04. The number of primary amides is 1. The quantitative estimate of drug-likeness (QED) is 0.425. The van der Waals surface area contributed by atoms with Crippen LogP contribution in [-0.4, -0.2) is 43.3 Å². The van der Waals surface area contributed by atoms with Gasteiger partial charge in [0.25, 0.3) is 5.91 Å². The Labute approximate surface area is 230 Å². The summed E-state index contributed by atoms with van der Waals surface area (Å²) >= 11 is 0. The van der Waals surface area contributed by atoms with Crippen molar-refractivity contribution < 1.29 is 27.9 Å². The van der Waals surface area contributed by atoms with E-state index in [0.29, 0.717) is 33.8 Å². The number of nitrogens with two attached hydrogens (primary N) is 1. The molecule has 0 aliphatic carbocycles. The number of hydrogen-bond acceptors (Lipinski definition) is 5. The summed E-state index contributed by atoms with van der Waals surface area (Å²) in [5.74, 6) is -4.13. The molecule has 8 nitrogen and oxygen atoms in total. The Balaban J connectivity index is 1.75. The van der Waals surface area contributed by atoms with Crippen molar-refractivity contribution in [3.63, 3.8) is 0 Å². The maximum Gasteiger partial charge on any atom is 0.272 e. The highest BCUT2D eigenvalue weighted by atomic mass is 19.2. The van der Waals surface area contributed by atoms with Gasteiger partial charge < -0.3 is 15.8 Å². The van der Waals surface area contributed by atoms with E-state index in [-0.39, 0.29) is 12.3 Å². The number of methoxy groups -OCH3 is 1. The number of anilines is 1. The molecular weight excluding hydrogens is 518 g/mol. The molecular formula is C30H30F2N4O4. The monoisotopic (exact) mass is 548 g/mol. The normalized spacial score (nSPS) is 15.7. The molecule has 4 rings (SSSR count). The highest BCUT2D eigenvalue weighted by Crippen LogP contribution is 2.29. The molecule has 0 saturated carbocycles. The second-order valence-corrected chi connectivity index (χ2v) is 9.83. The summed E-state index contributed by atoms with van der Waals surface area (Å²) in [5, 5.41) is 2.73. The van der Waals surface area contributed by atoms with Gasteiger partial charge in [-0.3, -0.25) is 19.3 Å². The van der Waals surface area contributed by atoms with Gasteiger partial charge in [0.2, 0.25) is 18.0 Å². The number of fused-ring (bicyclic) bond motifs is 1. The van der Waals surface area contributed by atoms with Crippen LogP contribution in [0.15, 0.2) is 71.7 Å². The smallest absolute Gasteiger partial charge is 0.272 e. The van der Waals surface area contributed by atoms with Crippen LogP contribution >= 0.6 is 0 Å². The summed E-state index contributed by atoms with van der Waals surface area (Å²) in [4.78, 5) is 45.2. The van der Waals surface area contributed by atoms with Crippen molar-refractivity contribution in [1.29, 1.82) is 0 Å². The van der Waals surface area contributed by atoms with Crippen LogP contribution in [-0.2, 0) is 20.8 Å². The van der Waals surface area contributed by atoms with E-state index in [2.05, 4.69) is 10.3 Å². The molecule has 2 atom stereocenters. The minimum atomic E-state index is -1.39. The first-order valence-electron chi connectivity index (χ1n) is 12.7. The van der Waals surface area contributed by atoms with E-state index >= 15 is 0 Å². The number of rotatable bonds is 9. The minimum Gasteiger partial charge on any atom is -0.497 e. The fourth-order valence-corrected chi connectivity index (χ4v) is 4.61. The summed E-state index contributed by atoms with van der Waals surface area (Å²) in [7, 11) is 1.55. The number of carbonyl (C=O) groups excluding carboxylic acids is 3. The molecule has 3 N–H and O–H groups in total. The SMILES string of the molecule is COc1ccc(C2=NC(NC(=O)[C@H](Cc3ccc(F)c(F)c3)C(C)C)C(=O)N(CC(N)=O)c3ccccc32)cc1. The molecule has 1 unspecified atom stereocenters. The van der Waals surface area contributed by atoms with Crippen molar-refractivity contribution >= 4 is 29.1 Å². The van der Waals surface area contributed by atoms with Gasteiger partial charge in [-0.25, -0.2) is 13.8 Å². The standard InChI is InChI=1S/C30H30F2N4O4/c1-17(2)22(14-18-8-13-23(31)24(32)15-18)29(38)35-28-30(39)36(16-26(33)37)25-7-5-4-6-21(25)27(34-28)19-9-11-20(40-3)12-10-19/h4-13,15,17,22,28H,14,16H2,1-3H3,(H2,33,37)(H,35,38)/t22-,28?/m1/s1. The molecule has 1 heterocycles. The summed E-state index contributed by atoms with van der Waals surface area (Å²) < 4.78 is 32.6. The topological polar surface area (TPSA) is 114 Å². The van der Waals surface area contributed by atoms with Crippen molar-refractivity contribution in [2.75, 3.05) is 18.6 Å². The predicted octanol–water partition coefficient (Wildman–Crippen LogP) is 3.60. The zero-order valence-electron chi connectivity index (χ0n) is 22.4. The molecule has 3 amide bonds. The summed E-state index contributed by atoms with van der Waals surface area (Å²) in [5.41, 5.74) is 7.99. The molecule has 1 aliphatic rings. The molecule has 0 spiro atoms. The number of benzene rings is 3. The van der Waals surface area contributed by atoms with Crippen LogP contribution in [0.3, 0.4) is 0 Å². The third-order valence-electron chi connectivity index (χ3n) is 6.75. The van der Waals surface area contributed by atoms with Gasteiger partial charge in [-0.2, -0.15) is 0 Å². The van der Waals surface area contributed by atoms with Crippen molar-refractivity contribution in [3.05, 3.63) is 95.1 Å². The van der Waals surface area contributed by atoms with Crippen LogP contribution in [0, 0.1) is 23.5 Å². The number of benzodiazepines with no additional fused rings is 1. The lowest BCUT2D eigenvalue weighted by Gasteiger charge is -2.26. The van der Waals surface area contributed by atoms with E-state index in [9.17, 15) is 23.2 Å². The zero-order valence-corrected chi connectivity index (χ0v) is 22.4. The third kappa shape index (κ3) is 6.17. The first kappa shape index (κ1) is 28.4. The lowest BCUT2D eigenvalue weighted by Crippen LogP contribution is -2.51. The number of carbonyl (C=O) groups is 3. The third-order valence-corrected chi connectivity index (χ3v) is 6.75. The van der Waals surface area contributed by atoms with Crippen LogP contribution in [0.4, 0.5) is 14.5 Å². The van der Waals surface area contributed by atoms with Crippen molar-refractivity contribution in [3.8, 4) is 5.75 Å². The Bertz CT molecular complexity index is 1460. The second-order valence-electron chi connectivity index (χ2n) is 9.83. The van der Waals surface area contributed by atoms with Crippen molar-refractivity contribution in [1.82, 2.24) is 5.32 Å². The molecule has 3 aromatic rings. The van der Waals surface area contributed by atoms with Gasteiger partial charge in [0, 0.05) is 17.0 Å². The van der Waals surface area contributed by atoms with Crippen LogP contribution in [0.5, 0.6) is 5.75 Å². The number of para-hydroxylation sites is 1. The number of halogens is 2. The Morgan fingerprint density at radius 2 is 1.75 bits per heavy atom. The van der Waals surface area contributed by atoms with Gasteiger partial charge in [0.05, 0.1) is 18.5 Å². The number of ether oxygens (including phenoxy) is 1. The molecule has 10 heteroatoms. The number of nitrogens with one attached hydrogen (secondary N) is 1. The van der Waals surface area contributed by atoms with Gasteiger partial charge in [-0.05, 0) is 60.4 Å². The van der Waals surface area contributed by atoms with Gasteiger partial charge >= 0.3 is 0 Å². The minimum absolute atomic E-state index is 0.113. The number of amides is 3. The first-order chi connectivity index (χ1) is 19.1. The summed E-state index contributed by atoms with van der Waals surface area (Å²) in [6, 6.07) is 17.5. The van der Waals surface area contributed by atoms with Crippen LogP contribution in [0.2, 0.25) is 0 Å². The molecule has 0 radical (unpaired) electrons. The lowest BCUT2D eigenvalue weighted by molar-refractivity contribution is -0.131. The largest absolute Gasteiger partial charge is 0.497 e. The van der Waals surface area contributed by atoms with E-state index in [0.717, 1.165) is 12.1 Å². The number of aliphatic imine (C=N–C) groups is 1. The molecule has 40 heavy (non-hydrogen) atoms. The van der Waals surface area contributed by atoms with E-state index < -0.39 is 48.0 Å². The van der Waals surface area contributed by atoms with Gasteiger partial charge in [0.15, 0.2) is 11.6 Å². The van der Waals surface area contributed by atoms with Crippen molar-refractivity contribution in [2.24, 2.45) is 22.6 Å². The second kappa shape index (κ2) is 12.1. The number of nitrogens with zero attached hydrogens (tertiary/aromatic N) is 2. The van der Waals surface area contributed by atoms with E-state index in [1.807, 2.05) is 13.8 Å². The molecule has 0 fully saturated rings. The summed E-state index contributed by atoms with van der Waals surface area (Å²) in [6.07, 6.45) is -1.27. The highest BCUT2D eigenvalue weighted by molar-refractivity contribution is 6.21. The molecule has 3 aromatic carbocycles. The van der Waals surface area contributed by atoms with Crippen LogP contribution in [0.25, 0.3) is 0 Å². The maximum atomic E-state index is 13.8. The highest BCUT2D eigenvalue weighted by Gasteiger charge is 2.35. The fraction of sp³-hybridized carbons (Fsp3) is 0.267. The number of hydrogen-bond donors (Lipinski definition) is 2.